The Morgan fingerprint density at radius 2 is 2.11 bits per heavy atom. The van der Waals surface area contributed by atoms with Gasteiger partial charge in [0, 0.05) is 12.5 Å². The second kappa shape index (κ2) is 6.29. The van der Waals surface area contributed by atoms with E-state index in [9.17, 15) is 4.39 Å². The Labute approximate surface area is 123 Å². The van der Waals surface area contributed by atoms with Crippen LogP contribution < -0.4 is 10.1 Å². The summed E-state index contributed by atoms with van der Waals surface area (Å²) in [5.41, 5.74) is 0. The zero-order chi connectivity index (χ0) is 14.0. The van der Waals surface area contributed by atoms with Gasteiger partial charge in [-0.2, -0.15) is 0 Å². The van der Waals surface area contributed by atoms with E-state index in [-0.39, 0.29) is 21.9 Å². The maximum absolute atomic E-state index is 14.0. The highest BCUT2D eigenvalue weighted by molar-refractivity contribution is 6.42. The number of hydrogen-bond donors (Lipinski definition) is 1. The molecule has 0 spiro atoms. The van der Waals surface area contributed by atoms with E-state index >= 15 is 0 Å². The summed E-state index contributed by atoms with van der Waals surface area (Å²) in [6.07, 6.45) is 1.02. The zero-order valence-corrected chi connectivity index (χ0v) is 12.6. The van der Waals surface area contributed by atoms with Gasteiger partial charge in [0.25, 0.3) is 0 Å². The molecule has 1 aromatic carbocycles. The summed E-state index contributed by atoms with van der Waals surface area (Å²) in [6, 6.07) is 3.11. The number of nitrogens with one attached hydrogen (secondary N) is 1. The molecule has 1 heterocycles. The van der Waals surface area contributed by atoms with Crippen molar-refractivity contribution in [2.24, 2.45) is 11.8 Å². The van der Waals surface area contributed by atoms with Gasteiger partial charge in [-0.1, -0.05) is 37.0 Å². The number of ether oxygens (including phenoxy) is 1. The van der Waals surface area contributed by atoms with E-state index in [1.54, 1.807) is 12.1 Å². The van der Waals surface area contributed by atoms with Crippen molar-refractivity contribution < 1.29 is 9.13 Å². The normalized spacial score (nSPS) is 20.8. The number of rotatable bonds is 4. The van der Waals surface area contributed by atoms with Crippen LogP contribution in [0.3, 0.4) is 0 Å². The van der Waals surface area contributed by atoms with Gasteiger partial charge in [0.1, 0.15) is 6.10 Å². The van der Waals surface area contributed by atoms with Crippen LogP contribution in [0.1, 0.15) is 20.3 Å². The third-order valence-corrected chi connectivity index (χ3v) is 4.26. The Morgan fingerprint density at radius 3 is 2.68 bits per heavy atom. The van der Waals surface area contributed by atoms with E-state index in [2.05, 4.69) is 19.2 Å². The second-order valence-corrected chi connectivity index (χ2v) is 6.04. The molecule has 0 aromatic heterocycles. The summed E-state index contributed by atoms with van der Waals surface area (Å²) >= 11 is 11.6. The maximum atomic E-state index is 14.0. The van der Waals surface area contributed by atoms with Gasteiger partial charge in [-0.25, -0.2) is 4.39 Å². The van der Waals surface area contributed by atoms with Crippen LogP contribution in [0.15, 0.2) is 12.1 Å². The number of benzene rings is 1. The molecule has 2 rings (SSSR count). The van der Waals surface area contributed by atoms with Gasteiger partial charge in [-0.15, -0.1) is 0 Å². The zero-order valence-electron chi connectivity index (χ0n) is 11.1. The molecule has 1 N–H and O–H groups in total. The molecule has 0 radical (unpaired) electrons. The molecule has 1 aromatic rings. The molecule has 1 unspecified atom stereocenters. The summed E-state index contributed by atoms with van der Waals surface area (Å²) in [5.74, 6) is 0.304. The predicted octanol–water partition coefficient (Wildman–Crippen LogP) is 4.15. The fourth-order valence-electron chi connectivity index (χ4n) is 2.48. The van der Waals surface area contributed by atoms with Gasteiger partial charge in [-0.05, 0) is 31.0 Å². The molecular formula is C14H18Cl2FNO. The second-order valence-electron chi connectivity index (χ2n) is 5.25. The monoisotopic (exact) mass is 305 g/mol. The highest BCUT2D eigenvalue weighted by Gasteiger charge is 2.30. The standard InChI is InChI=1S/C14H18Cl2FNO/c1-8(2)14(9-5-6-18-7-9)19-11-4-3-10(15)12(16)13(11)17/h3-4,8-9,14,18H,5-7H2,1-2H3/t9?,14-/m0/s1. The molecule has 0 amide bonds. The van der Waals surface area contributed by atoms with E-state index < -0.39 is 5.82 Å². The molecule has 0 bridgehead atoms. The number of halogens is 3. The topological polar surface area (TPSA) is 21.3 Å². The van der Waals surface area contributed by atoms with Crippen LogP contribution in [0.4, 0.5) is 4.39 Å². The third-order valence-electron chi connectivity index (χ3n) is 3.48. The Bertz CT molecular complexity index is 447. The van der Waals surface area contributed by atoms with Gasteiger partial charge >= 0.3 is 0 Å². The summed E-state index contributed by atoms with van der Waals surface area (Å²) in [4.78, 5) is 0. The first kappa shape index (κ1) is 14.9. The fourth-order valence-corrected chi connectivity index (χ4v) is 2.78. The van der Waals surface area contributed by atoms with Crippen molar-refractivity contribution in [3.05, 3.63) is 28.0 Å². The van der Waals surface area contributed by atoms with Gasteiger partial charge in [-0.3, -0.25) is 0 Å². The molecule has 1 fully saturated rings. The lowest BCUT2D eigenvalue weighted by molar-refractivity contribution is 0.0928. The van der Waals surface area contributed by atoms with Crippen molar-refractivity contribution in [1.82, 2.24) is 5.32 Å². The van der Waals surface area contributed by atoms with Gasteiger partial charge in [0.2, 0.25) is 0 Å². The quantitative estimate of drug-likeness (QED) is 0.844. The average Bonchev–Trinajstić information content (AvgIpc) is 2.88. The first-order valence-corrected chi connectivity index (χ1v) is 7.27. The molecule has 1 aliphatic heterocycles. The summed E-state index contributed by atoms with van der Waals surface area (Å²) in [7, 11) is 0. The molecule has 2 atom stereocenters. The Hall–Kier alpha value is -0.510. The van der Waals surface area contributed by atoms with Crippen molar-refractivity contribution in [2.75, 3.05) is 13.1 Å². The summed E-state index contributed by atoms with van der Waals surface area (Å²) in [5, 5.41) is 3.43. The largest absolute Gasteiger partial charge is 0.487 e. The Kier molecular flexibility index (Phi) is 4.93. The third kappa shape index (κ3) is 3.33. The van der Waals surface area contributed by atoms with Crippen LogP contribution >= 0.6 is 23.2 Å². The van der Waals surface area contributed by atoms with Crippen molar-refractivity contribution in [3.63, 3.8) is 0 Å². The molecule has 106 valence electrons. The van der Waals surface area contributed by atoms with Gasteiger partial charge in [0.05, 0.1) is 10.0 Å². The van der Waals surface area contributed by atoms with Crippen LogP contribution in [0.2, 0.25) is 10.0 Å². The lowest BCUT2D eigenvalue weighted by atomic mass is 9.92. The fraction of sp³-hybridized carbons (Fsp3) is 0.571. The molecule has 0 saturated carbocycles. The van der Waals surface area contributed by atoms with Crippen LogP contribution in [0.25, 0.3) is 0 Å². The van der Waals surface area contributed by atoms with Crippen LogP contribution in [0, 0.1) is 17.7 Å². The van der Waals surface area contributed by atoms with Gasteiger partial charge in [0.15, 0.2) is 11.6 Å². The molecule has 5 heteroatoms. The van der Waals surface area contributed by atoms with E-state index in [1.807, 2.05) is 0 Å². The predicted molar refractivity (Wildman–Crippen MR) is 76.7 cm³/mol. The first-order valence-electron chi connectivity index (χ1n) is 6.51. The Balaban J connectivity index is 2.19. The minimum absolute atomic E-state index is 0.0262. The summed E-state index contributed by atoms with van der Waals surface area (Å²) in [6.45, 7) is 6.06. The van der Waals surface area contributed by atoms with Crippen LogP contribution in [-0.4, -0.2) is 19.2 Å². The summed E-state index contributed by atoms with van der Waals surface area (Å²) < 4.78 is 19.9. The van der Waals surface area contributed by atoms with Crippen molar-refractivity contribution in [1.29, 1.82) is 0 Å². The highest BCUT2D eigenvalue weighted by atomic mass is 35.5. The SMILES string of the molecule is CC(C)[C@H](Oc1ccc(Cl)c(Cl)c1F)C1CCNC1. The van der Waals surface area contributed by atoms with E-state index in [0.717, 1.165) is 19.5 Å². The van der Waals surface area contributed by atoms with E-state index in [0.29, 0.717) is 11.8 Å². The molecule has 19 heavy (non-hydrogen) atoms. The maximum Gasteiger partial charge on any atom is 0.185 e. The molecule has 1 saturated heterocycles. The lowest BCUT2D eigenvalue weighted by Crippen LogP contribution is -2.33. The minimum Gasteiger partial charge on any atom is -0.487 e. The minimum atomic E-state index is -0.578. The van der Waals surface area contributed by atoms with E-state index in [1.165, 1.54) is 0 Å². The van der Waals surface area contributed by atoms with Crippen molar-refractivity contribution in [2.45, 2.75) is 26.4 Å². The first-order chi connectivity index (χ1) is 9.00. The molecular weight excluding hydrogens is 288 g/mol. The van der Waals surface area contributed by atoms with Crippen LogP contribution in [-0.2, 0) is 0 Å². The molecule has 2 nitrogen and oxygen atoms in total. The molecule has 0 aliphatic carbocycles. The Morgan fingerprint density at radius 1 is 1.37 bits per heavy atom. The van der Waals surface area contributed by atoms with Crippen molar-refractivity contribution in [3.8, 4) is 5.75 Å². The van der Waals surface area contributed by atoms with Crippen molar-refractivity contribution >= 4 is 23.2 Å². The smallest absolute Gasteiger partial charge is 0.185 e. The average molecular weight is 306 g/mol. The highest BCUT2D eigenvalue weighted by Crippen LogP contribution is 2.33. The number of hydrogen-bond acceptors (Lipinski definition) is 2. The van der Waals surface area contributed by atoms with E-state index in [4.69, 9.17) is 27.9 Å². The van der Waals surface area contributed by atoms with Gasteiger partial charge < -0.3 is 10.1 Å². The molecule has 1 aliphatic rings. The lowest BCUT2D eigenvalue weighted by Gasteiger charge is -2.28. The van der Waals surface area contributed by atoms with Crippen LogP contribution in [0.5, 0.6) is 5.75 Å².